The third-order valence-corrected chi connectivity index (χ3v) is 14.2. The molecule has 0 saturated carbocycles. The van der Waals surface area contributed by atoms with Crippen LogP contribution in [0.25, 0.3) is 129 Å². The highest BCUT2D eigenvalue weighted by atomic mass is 32.1. The van der Waals surface area contributed by atoms with Gasteiger partial charge in [-0.2, -0.15) is 0 Å². The van der Waals surface area contributed by atoms with Crippen molar-refractivity contribution in [3.05, 3.63) is 218 Å². The van der Waals surface area contributed by atoms with Crippen LogP contribution in [0.15, 0.2) is 218 Å². The Kier molecular flexibility index (Phi) is 7.58. The molecule has 0 spiro atoms. The molecule has 12 aromatic carbocycles. The standard InChI is InChI=1S/C60H36S/c1-3-21-39-37(17-1)19-13-31-41(39)55-43-23-5-9-27-47(43)57(48-28-10-6-24-44(48)55)51-33-16-36-54-59(51)53-35-15-34-52(60(53)61-54)58-49-29-11-7-25-45(49)56(46-26-8-12-30-50(46)58)42-32-14-20-38-18-2-4-22-40(38)42/h1-36H. The van der Waals surface area contributed by atoms with E-state index in [1.54, 1.807) is 0 Å². The summed E-state index contributed by atoms with van der Waals surface area (Å²) >= 11 is 1.92. The Bertz CT molecular complexity index is 3820. The maximum Gasteiger partial charge on any atom is 0.0434 e. The van der Waals surface area contributed by atoms with Gasteiger partial charge in [0.1, 0.15) is 0 Å². The summed E-state index contributed by atoms with van der Waals surface area (Å²) < 4.78 is 2.62. The lowest BCUT2D eigenvalue weighted by Crippen LogP contribution is -1.92. The summed E-state index contributed by atoms with van der Waals surface area (Å²) in [5, 5.41) is 17.9. The average Bonchev–Trinajstić information content (AvgIpc) is 3.72. The van der Waals surface area contributed by atoms with E-state index in [4.69, 9.17) is 0 Å². The third kappa shape index (κ3) is 5.05. The van der Waals surface area contributed by atoms with Crippen molar-refractivity contribution in [2.75, 3.05) is 0 Å². The lowest BCUT2D eigenvalue weighted by atomic mass is 9.83. The molecule has 0 aliphatic heterocycles. The molecule has 13 rings (SSSR count). The molecule has 0 unspecified atom stereocenters. The van der Waals surface area contributed by atoms with Gasteiger partial charge in [-0.15, -0.1) is 11.3 Å². The quantitative estimate of drug-likeness (QED) is 0.156. The van der Waals surface area contributed by atoms with Gasteiger partial charge < -0.3 is 0 Å². The second-order valence-electron chi connectivity index (χ2n) is 16.2. The monoisotopic (exact) mass is 788 g/mol. The summed E-state index contributed by atoms with van der Waals surface area (Å²) in [6.07, 6.45) is 0. The minimum Gasteiger partial charge on any atom is -0.135 e. The van der Waals surface area contributed by atoms with Gasteiger partial charge in [0.25, 0.3) is 0 Å². The Balaban J connectivity index is 1.11. The summed E-state index contributed by atoms with van der Waals surface area (Å²) in [6, 6.07) is 81.2. The van der Waals surface area contributed by atoms with Gasteiger partial charge in [0, 0.05) is 25.7 Å². The Morgan fingerprint density at radius 1 is 0.213 bits per heavy atom. The first-order valence-electron chi connectivity index (χ1n) is 21.1. The zero-order valence-electron chi connectivity index (χ0n) is 33.2. The Morgan fingerprint density at radius 2 is 0.508 bits per heavy atom. The molecular formula is C60H36S. The van der Waals surface area contributed by atoms with Gasteiger partial charge in [-0.1, -0.05) is 212 Å². The van der Waals surface area contributed by atoms with Crippen LogP contribution in [0, 0.1) is 0 Å². The van der Waals surface area contributed by atoms with E-state index in [-0.39, 0.29) is 0 Å². The smallest absolute Gasteiger partial charge is 0.0434 e. The van der Waals surface area contributed by atoms with Crippen LogP contribution < -0.4 is 0 Å². The van der Waals surface area contributed by atoms with Crippen molar-refractivity contribution in [1.82, 2.24) is 0 Å². The van der Waals surface area contributed by atoms with Crippen molar-refractivity contribution in [3.63, 3.8) is 0 Å². The second kappa shape index (κ2) is 13.5. The highest BCUT2D eigenvalue weighted by Crippen LogP contribution is 2.52. The van der Waals surface area contributed by atoms with Crippen molar-refractivity contribution < 1.29 is 0 Å². The molecule has 0 bridgehead atoms. The first kappa shape index (κ1) is 34.3. The largest absolute Gasteiger partial charge is 0.135 e. The average molecular weight is 789 g/mol. The first-order valence-corrected chi connectivity index (χ1v) is 21.9. The molecule has 0 nitrogen and oxygen atoms in total. The van der Waals surface area contributed by atoms with E-state index in [9.17, 15) is 0 Å². The van der Waals surface area contributed by atoms with E-state index in [1.807, 2.05) is 11.3 Å². The fourth-order valence-corrected chi connectivity index (χ4v) is 11.8. The number of hydrogen-bond acceptors (Lipinski definition) is 1. The number of fused-ring (bicyclic) bond motifs is 9. The molecule has 0 radical (unpaired) electrons. The number of hydrogen-bond donors (Lipinski definition) is 0. The van der Waals surface area contributed by atoms with Gasteiger partial charge in [0.2, 0.25) is 0 Å². The Labute approximate surface area is 357 Å². The molecule has 0 aliphatic rings. The highest BCUT2D eigenvalue weighted by molar-refractivity contribution is 7.26. The SMILES string of the molecule is c1ccc2c(-c3c4ccccc4c(-c4cccc5c4sc4cccc(-c6c7ccccc7c(-c7cccc8ccccc78)c7ccccc67)c45)c4ccccc34)cccc2c1. The van der Waals surface area contributed by atoms with Crippen LogP contribution in [0.2, 0.25) is 0 Å². The van der Waals surface area contributed by atoms with Gasteiger partial charge in [0.05, 0.1) is 0 Å². The first-order chi connectivity index (χ1) is 30.3. The van der Waals surface area contributed by atoms with Gasteiger partial charge in [-0.25, -0.2) is 0 Å². The van der Waals surface area contributed by atoms with Crippen LogP contribution in [0.4, 0.5) is 0 Å². The fraction of sp³-hybridized carbons (Fsp3) is 0. The predicted molar refractivity (Wildman–Crippen MR) is 266 cm³/mol. The van der Waals surface area contributed by atoms with E-state index >= 15 is 0 Å². The molecule has 1 heteroatoms. The van der Waals surface area contributed by atoms with Crippen molar-refractivity contribution in [3.8, 4) is 44.5 Å². The van der Waals surface area contributed by atoms with Gasteiger partial charge >= 0.3 is 0 Å². The molecule has 282 valence electrons. The maximum absolute atomic E-state index is 2.36. The zero-order chi connectivity index (χ0) is 40.0. The maximum atomic E-state index is 2.36. The van der Waals surface area contributed by atoms with E-state index in [2.05, 4.69) is 218 Å². The molecular weight excluding hydrogens is 753 g/mol. The topological polar surface area (TPSA) is 0 Å². The minimum absolute atomic E-state index is 1.26. The molecule has 1 aromatic heterocycles. The molecule has 0 aliphatic carbocycles. The van der Waals surface area contributed by atoms with Crippen LogP contribution in [0.1, 0.15) is 0 Å². The van der Waals surface area contributed by atoms with Gasteiger partial charge in [-0.05, 0) is 110 Å². The third-order valence-electron chi connectivity index (χ3n) is 13.0. The van der Waals surface area contributed by atoms with Gasteiger partial charge in [-0.3, -0.25) is 0 Å². The summed E-state index contributed by atoms with van der Waals surface area (Å²) in [7, 11) is 0. The molecule has 61 heavy (non-hydrogen) atoms. The molecule has 0 atom stereocenters. The zero-order valence-corrected chi connectivity index (χ0v) is 34.0. The number of benzene rings is 12. The minimum atomic E-state index is 1.26. The Morgan fingerprint density at radius 3 is 0.967 bits per heavy atom. The van der Waals surface area contributed by atoms with Crippen molar-refractivity contribution in [1.29, 1.82) is 0 Å². The van der Waals surface area contributed by atoms with Crippen LogP contribution in [-0.2, 0) is 0 Å². The molecule has 0 saturated heterocycles. The lowest BCUT2D eigenvalue weighted by molar-refractivity contribution is 1.69. The van der Waals surface area contributed by atoms with Crippen LogP contribution in [0.3, 0.4) is 0 Å². The Hall–Kier alpha value is -7.58. The summed E-state index contributed by atoms with van der Waals surface area (Å²) in [5.41, 5.74) is 10.3. The summed E-state index contributed by atoms with van der Waals surface area (Å²) in [6.45, 7) is 0. The van der Waals surface area contributed by atoms with E-state index in [1.165, 1.54) is 129 Å². The van der Waals surface area contributed by atoms with E-state index in [0.717, 1.165) is 0 Å². The van der Waals surface area contributed by atoms with Crippen molar-refractivity contribution in [2.24, 2.45) is 0 Å². The number of rotatable bonds is 4. The van der Waals surface area contributed by atoms with Crippen molar-refractivity contribution >= 4 is 96.1 Å². The molecule has 0 N–H and O–H groups in total. The van der Waals surface area contributed by atoms with Gasteiger partial charge in [0.15, 0.2) is 0 Å². The fourth-order valence-electron chi connectivity index (χ4n) is 10.6. The lowest BCUT2D eigenvalue weighted by Gasteiger charge is -2.19. The summed E-state index contributed by atoms with van der Waals surface area (Å²) in [4.78, 5) is 0. The van der Waals surface area contributed by atoms with Crippen LogP contribution in [0.5, 0.6) is 0 Å². The highest BCUT2D eigenvalue weighted by Gasteiger charge is 2.23. The second-order valence-corrected chi connectivity index (χ2v) is 17.3. The van der Waals surface area contributed by atoms with Crippen LogP contribution >= 0.6 is 11.3 Å². The predicted octanol–water partition coefficient (Wildman–Crippen LogP) is 17.6. The van der Waals surface area contributed by atoms with E-state index < -0.39 is 0 Å². The van der Waals surface area contributed by atoms with Crippen molar-refractivity contribution in [2.45, 2.75) is 0 Å². The molecule has 0 fully saturated rings. The normalized spacial score (nSPS) is 11.9. The molecule has 13 aromatic rings. The van der Waals surface area contributed by atoms with Crippen LogP contribution in [-0.4, -0.2) is 0 Å². The summed E-state index contributed by atoms with van der Waals surface area (Å²) in [5.74, 6) is 0. The number of thiophene rings is 1. The molecule has 1 heterocycles. The molecule has 0 amide bonds. The van der Waals surface area contributed by atoms with E-state index in [0.29, 0.717) is 0 Å².